The van der Waals surface area contributed by atoms with Gasteiger partial charge in [-0.15, -0.1) is 0 Å². The zero-order chi connectivity index (χ0) is 19.1. The second kappa shape index (κ2) is 9.02. The molecular formula is C16H22F2N8. The van der Waals surface area contributed by atoms with Crippen LogP contribution in [0.4, 0.5) is 14.6 Å². The van der Waals surface area contributed by atoms with Gasteiger partial charge >= 0.3 is 0 Å². The number of hydrogen-bond donors (Lipinski definition) is 5. The fourth-order valence-corrected chi connectivity index (χ4v) is 2.27. The summed E-state index contributed by atoms with van der Waals surface area (Å²) in [7, 11) is 0. The Hall–Kier alpha value is -2.85. The van der Waals surface area contributed by atoms with Crippen molar-refractivity contribution in [2.75, 3.05) is 18.4 Å². The lowest BCUT2D eigenvalue weighted by Crippen LogP contribution is -2.39. The monoisotopic (exact) mass is 364 g/mol. The third-order valence-electron chi connectivity index (χ3n) is 3.45. The van der Waals surface area contributed by atoms with E-state index < -0.39 is 18.4 Å². The van der Waals surface area contributed by atoms with E-state index in [2.05, 4.69) is 25.6 Å². The summed E-state index contributed by atoms with van der Waals surface area (Å²) in [5.74, 6) is 0.268. The van der Waals surface area contributed by atoms with E-state index in [4.69, 9.17) is 17.2 Å². The quantitative estimate of drug-likeness (QED) is 0.447. The lowest BCUT2D eigenvalue weighted by molar-refractivity contribution is 0.220. The molecule has 0 amide bonds. The Labute approximate surface area is 150 Å². The first-order valence-corrected chi connectivity index (χ1v) is 7.90. The van der Waals surface area contributed by atoms with Gasteiger partial charge in [0, 0.05) is 36.3 Å². The van der Waals surface area contributed by atoms with Crippen molar-refractivity contribution in [2.45, 2.75) is 19.5 Å². The van der Waals surface area contributed by atoms with E-state index >= 15 is 0 Å². The van der Waals surface area contributed by atoms with Crippen LogP contribution in [0.3, 0.4) is 0 Å². The average molecular weight is 364 g/mol. The van der Waals surface area contributed by atoms with Crippen LogP contribution in [0.2, 0.25) is 0 Å². The third-order valence-corrected chi connectivity index (χ3v) is 3.45. The molecule has 0 aromatic carbocycles. The number of hydrogen-bond acceptors (Lipinski definition) is 8. The van der Waals surface area contributed by atoms with Crippen molar-refractivity contribution in [1.82, 2.24) is 10.3 Å². The van der Waals surface area contributed by atoms with Gasteiger partial charge in [0.15, 0.2) is 5.84 Å². The van der Waals surface area contributed by atoms with Crippen molar-refractivity contribution in [3.8, 4) is 0 Å². The molecular weight excluding hydrogens is 342 g/mol. The number of aryl methyl sites for hydroxylation is 1. The highest BCUT2D eigenvalue weighted by molar-refractivity contribution is 6.10. The molecule has 2 heterocycles. The molecule has 8 N–H and O–H groups in total. The molecule has 1 aromatic rings. The summed E-state index contributed by atoms with van der Waals surface area (Å²) in [6, 6.07) is 1.76. The lowest BCUT2D eigenvalue weighted by atomic mass is 10.0. The third kappa shape index (κ3) is 5.07. The summed E-state index contributed by atoms with van der Waals surface area (Å²) in [6.45, 7) is 2.82. The number of pyridine rings is 1. The highest BCUT2D eigenvalue weighted by Gasteiger charge is 2.20. The van der Waals surface area contributed by atoms with Gasteiger partial charge in [0.05, 0.1) is 6.54 Å². The number of nitrogens with one attached hydrogen (secondary N) is 2. The SMILES string of the molecule is Cc1cc(NC2=CC(N)N=C(C(F)F)N2)ncc1/C(C=NCCN)=C/N. The van der Waals surface area contributed by atoms with Gasteiger partial charge in [0.1, 0.15) is 17.8 Å². The van der Waals surface area contributed by atoms with Gasteiger partial charge in [-0.3, -0.25) is 4.99 Å². The number of aromatic nitrogens is 1. The van der Waals surface area contributed by atoms with Gasteiger partial charge in [-0.2, -0.15) is 0 Å². The molecule has 1 aromatic heterocycles. The topological polar surface area (TPSA) is 140 Å². The van der Waals surface area contributed by atoms with Gasteiger partial charge in [-0.25, -0.2) is 18.8 Å². The fraction of sp³-hybridized carbons (Fsp3) is 0.312. The zero-order valence-electron chi connectivity index (χ0n) is 14.3. The van der Waals surface area contributed by atoms with Crippen LogP contribution in [0.25, 0.3) is 5.57 Å². The Morgan fingerprint density at radius 3 is 2.88 bits per heavy atom. The van der Waals surface area contributed by atoms with Crippen LogP contribution in [0.5, 0.6) is 0 Å². The summed E-state index contributed by atoms with van der Waals surface area (Å²) in [6.07, 6.45) is 2.59. The Morgan fingerprint density at radius 2 is 2.27 bits per heavy atom. The summed E-state index contributed by atoms with van der Waals surface area (Å²) < 4.78 is 25.6. The Bertz CT molecular complexity index is 755. The van der Waals surface area contributed by atoms with E-state index in [1.165, 1.54) is 12.3 Å². The van der Waals surface area contributed by atoms with Crippen LogP contribution in [0, 0.1) is 6.92 Å². The smallest absolute Gasteiger partial charge is 0.295 e. The van der Waals surface area contributed by atoms with Crippen LogP contribution in [-0.2, 0) is 0 Å². The number of amidine groups is 1. The molecule has 0 aliphatic carbocycles. The predicted octanol–water partition coefficient (Wildman–Crippen LogP) is 0.524. The molecule has 1 aliphatic heterocycles. The minimum absolute atomic E-state index is 0.293. The molecule has 2 rings (SSSR count). The van der Waals surface area contributed by atoms with Gasteiger partial charge in [0.25, 0.3) is 6.43 Å². The minimum Gasteiger partial charge on any atom is -0.404 e. The number of alkyl halides is 2. The van der Waals surface area contributed by atoms with E-state index in [9.17, 15) is 8.78 Å². The molecule has 0 spiro atoms. The number of anilines is 1. The molecule has 140 valence electrons. The summed E-state index contributed by atoms with van der Waals surface area (Å²) in [5, 5.41) is 5.42. The number of rotatable bonds is 7. The van der Waals surface area contributed by atoms with Crippen molar-refractivity contribution in [3.63, 3.8) is 0 Å². The maximum Gasteiger partial charge on any atom is 0.295 e. The summed E-state index contributed by atoms with van der Waals surface area (Å²) >= 11 is 0. The summed E-state index contributed by atoms with van der Waals surface area (Å²) in [5.41, 5.74) is 19.1. The fourth-order valence-electron chi connectivity index (χ4n) is 2.27. The number of nitrogens with two attached hydrogens (primary N) is 3. The Morgan fingerprint density at radius 1 is 1.50 bits per heavy atom. The van der Waals surface area contributed by atoms with E-state index in [1.807, 2.05) is 6.92 Å². The number of nitrogens with zero attached hydrogens (tertiary/aromatic N) is 3. The standard InChI is InChI=1S/C16H22F2N8/c1-9-4-13(23-8-11(9)10(6-20)7-22-3-2-19)25-14-5-12(21)24-16(26-14)15(17)18/h4-8,12,15H,2-3,19-21H2,1H3,(H,23,25)(H,24,26)/b10-6+,22-7?. The van der Waals surface area contributed by atoms with Crippen molar-refractivity contribution in [2.24, 2.45) is 27.2 Å². The van der Waals surface area contributed by atoms with E-state index in [0.717, 1.165) is 11.1 Å². The van der Waals surface area contributed by atoms with Gasteiger partial charge < -0.3 is 27.8 Å². The first-order valence-electron chi connectivity index (χ1n) is 7.90. The van der Waals surface area contributed by atoms with Crippen molar-refractivity contribution in [3.05, 3.63) is 41.5 Å². The number of aliphatic imine (C=N–C) groups is 2. The van der Waals surface area contributed by atoms with Gasteiger partial charge in [-0.05, 0) is 24.6 Å². The van der Waals surface area contributed by atoms with Crippen LogP contribution >= 0.6 is 0 Å². The normalized spacial score (nSPS) is 17.9. The van der Waals surface area contributed by atoms with Crippen LogP contribution in [0.15, 0.2) is 40.3 Å². The second-order valence-corrected chi connectivity index (χ2v) is 5.47. The first-order chi connectivity index (χ1) is 12.4. The maximum absolute atomic E-state index is 12.8. The molecule has 0 bridgehead atoms. The Balaban J connectivity index is 2.15. The molecule has 8 nitrogen and oxygen atoms in total. The highest BCUT2D eigenvalue weighted by atomic mass is 19.3. The van der Waals surface area contributed by atoms with E-state index in [1.54, 1.807) is 18.5 Å². The molecule has 1 aliphatic rings. The molecule has 1 atom stereocenters. The van der Waals surface area contributed by atoms with Crippen LogP contribution < -0.4 is 27.8 Å². The molecule has 0 fully saturated rings. The molecule has 0 saturated carbocycles. The molecule has 1 unspecified atom stereocenters. The van der Waals surface area contributed by atoms with Crippen molar-refractivity contribution >= 4 is 23.4 Å². The van der Waals surface area contributed by atoms with E-state index in [0.29, 0.717) is 30.3 Å². The number of allylic oxidation sites excluding steroid dienone is 1. The Kier molecular flexibility index (Phi) is 6.75. The molecule has 26 heavy (non-hydrogen) atoms. The largest absolute Gasteiger partial charge is 0.404 e. The lowest BCUT2D eigenvalue weighted by Gasteiger charge is -2.21. The minimum atomic E-state index is -2.74. The van der Waals surface area contributed by atoms with Gasteiger partial charge in [-0.1, -0.05) is 0 Å². The number of halogens is 2. The molecule has 10 heteroatoms. The second-order valence-electron chi connectivity index (χ2n) is 5.47. The van der Waals surface area contributed by atoms with Crippen LogP contribution in [-0.4, -0.2) is 42.7 Å². The average Bonchev–Trinajstić information content (AvgIpc) is 2.59. The summed E-state index contributed by atoms with van der Waals surface area (Å²) in [4.78, 5) is 12.1. The molecule has 0 radical (unpaired) electrons. The van der Waals surface area contributed by atoms with Crippen LogP contribution in [0.1, 0.15) is 11.1 Å². The maximum atomic E-state index is 12.8. The molecule has 0 saturated heterocycles. The van der Waals surface area contributed by atoms with Crippen molar-refractivity contribution in [1.29, 1.82) is 0 Å². The van der Waals surface area contributed by atoms with Crippen molar-refractivity contribution < 1.29 is 8.78 Å². The first kappa shape index (κ1) is 19.5. The van der Waals surface area contributed by atoms with Gasteiger partial charge in [0.2, 0.25) is 0 Å². The highest BCUT2D eigenvalue weighted by Crippen LogP contribution is 2.20. The predicted molar refractivity (Wildman–Crippen MR) is 99.8 cm³/mol. The zero-order valence-corrected chi connectivity index (χ0v) is 14.3. The van der Waals surface area contributed by atoms with E-state index in [-0.39, 0.29) is 0 Å².